The fraction of sp³-hybridized carbons (Fsp3) is 0.471. The largest absolute Gasteiger partial charge is 0.497 e. The standard InChI is InChI=1S/C17H23N3O2/c1-18-11-17(21)20-7-5-12(6-8-20)15-10-19-16-4-3-13(22-2)9-14(15)16/h3-4,9-10,12,18-19H,5-8,11H2,1-2H3. The average molecular weight is 301 g/mol. The first-order chi connectivity index (χ1) is 10.7. The molecular formula is C17H23N3O2. The van der Waals surface area contributed by atoms with Crippen LogP contribution in [0.4, 0.5) is 0 Å². The predicted octanol–water partition coefficient (Wildman–Crippen LogP) is 2.10. The molecule has 5 heteroatoms. The number of likely N-dealkylation sites (tertiary alicyclic amines) is 1. The summed E-state index contributed by atoms with van der Waals surface area (Å²) >= 11 is 0. The van der Waals surface area contributed by atoms with E-state index in [9.17, 15) is 4.79 Å². The fourth-order valence-electron chi connectivity index (χ4n) is 3.29. The maximum absolute atomic E-state index is 11.9. The van der Waals surface area contributed by atoms with E-state index >= 15 is 0 Å². The number of ether oxygens (including phenoxy) is 1. The number of piperidine rings is 1. The molecule has 1 aliphatic heterocycles. The Morgan fingerprint density at radius 2 is 2.18 bits per heavy atom. The van der Waals surface area contributed by atoms with Crippen LogP contribution >= 0.6 is 0 Å². The molecule has 5 nitrogen and oxygen atoms in total. The second-order valence-corrected chi connectivity index (χ2v) is 5.84. The predicted molar refractivity (Wildman–Crippen MR) is 87.3 cm³/mol. The van der Waals surface area contributed by atoms with Crippen molar-refractivity contribution < 1.29 is 9.53 Å². The number of H-pyrrole nitrogens is 1. The lowest BCUT2D eigenvalue weighted by Crippen LogP contribution is -2.41. The van der Waals surface area contributed by atoms with Crippen LogP contribution in [0.25, 0.3) is 10.9 Å². The molecule has 2 heterocycles. The Bertz CT molecular complexity index is 657. The summed E-state index contributed by atoms with van der Waals surface area (Å²) in [7, 11) is 3.50. The van der Waals surface area contributed by atoms with Crippen LogP contribution in [0.15, 0.2) is 24.4 Å². The van der Waals surface area contributed by atoms with Crippen molar-refractivity contribution in [3.8, 4) is 5.75 Å². The van der Waals surface area contributed by atoms with Gasteiger partial charge in [0.05, 0.1) is 13.7 Å². The number of hydrogen-bond donors (Lipinski definition) is 2. The van der Waals surface area contributed by atoms with Crippen LogP contribution < -0.4 is 10.1 Å². The summed E-state index contributed by atoms with van der Waals surface area (Å²) < 4.78 is 5.34. The topological polar surface area (TPSA) is 57.4 Å². The number of nitrogens with zero attached hydrogens (tertiary/aromatic N) is 1. The second kappa shape index (κ2) is 6.40. The van der Waals surface area contributed by atoms with Gasteiger partial charge in [-0.1, -0.05) is 0 Å². The van der Waals surface area contributed by atoms with Gasteiger partial charge in [0, 0.05) is 30.2 Å². The molecule has 0 unspecified atom stereocenters. The SMILES string of the molecule is CNCC(=O)N1CCC(c2c[nH]c3ccc(OC)cc23)CC1. The highest BCUT2D eigenvalue weighted by Crippen LogP contribution is 2.34. The van der Waals surface area contributed by atoms with E-state index < -0.39 is 0 Å². The first-order valence-electron chi connectivity index (χ1n) is 7.80. The van der Waals surface area contributed by atoms with Gasteiger partial charge in [-0.2, -0.15) is 0 Å². The number of hydrogen-bond acceptors (Lipinski definition) is 3. The van der Waals surface area contributed by atoms with E-state index in [1.807, 2.05) is 18.0 Å². The van der Waals surface area contributed by atoms with Crippen LogP contribution in [0.2, 0.25) is 0 Å². The molecule has 1 fully saturated rings. The molecule has 2 aromatic rings. The molecule has 3 rings (SSSR count). The molecule has 2 N–H and O–H groups in total. The summed E-state index contributed by atoms with van der Waals surface area (Å²) in [5.74, 6) is 1.58. The number of nitrogens with one attached hydrogen (secondary N) is 2. The number of fused-ring (bicyclic) bond motifs is 1. The lowest BCUT2D eigenvalue weighted by Gasteiger charge is -2.32. The van der Waals surface area contributed by atoms with E-state index in [0.717, 1.165) is 37.2 Å². The molecule has 1 aliphatic rings. The van der Waals surface area contributed by atoms with Crippen molar-refractivity contribution in [3.05, 3.63) is 30.0 Å². The van der Waals surface area contributed by atoms with Gasteiger partial charge in [-0.25, -0.2) is 0 Å². The zero-order valence-electron chi connectivity index (χ0n) is 13.2. The molecule has 0 radical (unpaired) electrons. The first-order valence-corrected chi connectivity index (χ1v) is 7.80. The third kappa shape index (κ3) is 2.81. The van der Waals surface area contributed by atoms with Crippen LogP contribution in [-0.2, 0) is 4.79 Å². The highest BCUT2D eigenvalue weighted by atomic mass is 16.5. The molecule has 0 atom stereocenters. The molecule has 118 valence electrons. The summed E-state index contributed by atoms with van der Waals surface area (Å²) in [6, 6.07) is 6.13. The third-order valence-corrected chi connectivity index (χ3v) is 4.54. The highest BCUT2D eigenvalue weighted by Gasteiger charge is 2.25. The van der Waals surface area contributed by atoms with Gasteiger partial charge >= 0.3 is 0 Å². The van der Waals surface area contributed by atoms with Gasteiger partial charge in [0.15, 0.2) is 0 Å². The van der Waals surface area contributed by atoms with E-state index in [1.54, 1.807) is 7.11 Å². The molecule has 0 saturated carbocycles. The monoisotopic (exact) mass is 301 g/mol. The van der Waals surface area contributed by atoms with Crippen LogP contribution in [-0.4, -0.2) is 49.6 Å². The number of carbonyl (C=O) groups excluding carboxylic acids is 1. The van der Waals surface area contributed by atoms with Crippen LogP contribution in [0.1, 0.15) is 24.3 Å². The third-order valence-electron chi connectivity index (χ3n) is 4.54. The molecule has 1 aromatic carbocycles. The summed E-state index contributed by atoms with van der Waals surface area (Å²) in [5, 5.41) is 4.17. The van der Waals surface area contributed by atoms with Gasteiger partial charge in [0.1, 0.15) is 5.75 Å². The van der Waals surface area contributed by atoms with Crippen molar-refractivity contribution in [2.45, 2.75) is 18.8 Å². The van der Waals surface area contributed by atoms with Crippen molar-refractivity contribution in [3.63, 3.8) is 0 Å². The number of rotatable bonds is 4. The molecule has 1 aromatic heterocycles. The Morgan fingerprint density at radius 3 is 2.86 bits per heavy atom. The number of aromatic nitrogens is 1. The number of aromatic amines is 1. The lowest BCUT2D eigenvalue weighted by atomic mass is 9.89. The number of benzene rings is 1. The zero-order valence-corrected chi connectivity index (χ0v) is 13.2. The Morgan fingerprint density at radius 1 is 1.41 bits per heavy atom. The summed E-state index contributed by atoms with van der Waals surface area (Å²) in [4.78, 5) is 17.2. The minimum absolute atomic E-state index is 0.196. The molecule has 22 heavy (non-hydrogen) atoms. The van der Waals surface area contributed by atoms with Gasteiger partial charge in [0.2, 0.25) is 5.91 Å². The minimum atomic E-state index is 0.196. The van der Waals surface area contributed by atoms with E-state index in [2.05, 4.69) is 28.6 Å². The van der Waals surface area contributed by atoms with Gasteiger partial charge in [-0.3, -0.25) is 4.79 Å². The fourth-order valence-corrected chi connectivity index (χ4v) is 3.29. The minimum Gasteiger partial charge on any atom is -0.497 e. The number of methoxy groups -OCH3 is 1. The maximum Gasteiger partial charge on any atom is 0.236 e. The molecule has 0 aliphatic carbocycles. The lowest BCUT2D eigenvalue weighted by molar-refractivity contribution is -0.131. The Balaban J connectivity index is 1.75. The molecule has 1 saturated heterocycles. The Labute approximate surface area is 130 Å². The van der Waals surface area contributed by atoms with Crippen molar-refractivity contribution in [2.75, 3.05) is 33.8 Å². The summed E-state index contributed by atoms with van der Waals surface area (Å²) in [5.41, 5.74) is 2.49. The van der Waals surface area contributed by atoms with Crippen LogP contribution in [0, 0.1) is 0 Å². The van der Waals surface area contributed by atoms with E-state index in [0.29, 0.717) is 12.5 Å². The van der Waals surface area contributed by atoms with E-state index in [-0.39, 0.29) is 5.91 Å². The maximum atomic E-state index is 11.9. The first kappa shape index (κ1) is 14.9. The second-order valence-electron chi connectivity index (χ2n) is 5.84. The molecular weight excluding hydrogens is 278 g/mol. The highest BCUT2D eigenvalue weighted by molar-refractivity contribution is 5.85. The Kier molecular flexibility index (Phi) is 4.34. The smallest absolute Gasteiger partial charge is 0.236 e. The summed E-state index contributed by atoms with van der Waals surface area (Å²) in [6.07, 6.45) is 4.14. The van der Waals surface area contributed by atoms with Gasteiger partial charge in [-0.15, -0.1) is 0 Å². The van der Waals surface area contributed by atoms with Crippen molar-refractivity contribution in [1.82, 2.24) is 15.2 Å². The van der Waals surface area contributed by atoms with Crippen molar-refractivity contribution in [2.24, 2.45) is 0 Å². The van der Waals surface area contributed by atoms with Gasteiger partial charge < -0.3 is 19.9 Å². The normalized spacial score (nSPS) is 16.2. The number of likely N-dealkylation sites (N-methyl/N-ethyl adjacent to an activating group) is 1. The zero-order chi connectivity index (χ0) is 15.5. The average Bonchev–Trinajstić information content (AvgIpc) is 2.98. The van der Waals surface area contributed by atoms with E-state index in [1.165, 1.54) is 10.9 Å². The van der Waals surface area contributed by atoms with Crippen LogP contribution in [0.3, 0.4) is 0 Å². The summed E-state index contributed by atoms with van der Waals surface area (Å²) in [6.45, 7) is 2.10. The van der Waals surface area contributed by atoms with Crippen molar-refractivity contribution in [1.29, 1.82) is 0 Å². The Hall–Kier alpha value is -2.01. The number of carbonyl (C=O) groups is 1. The van der Waals surface area contributed by atoms with Crippen LogP contribution in [0.5, 0.6) is 5.75 Å². The van der Waals surface area contributed by atoms with Crippen molar-refractivity contribution >= 4 is 16.8 Å². The quantitative estimate of drug-likeness (QED) is 0.909. The number of amides is 1. The molecule has 0 bridgehead atoms. The van der Waals surface area contributed by atoms with Gasteiger partial charge in [0.25, 0.3) is 0 Å². The molecule has 0 spiro atoms. The molecule has 1 amide bonds. The van der Waals surface area contributed by atoms with E-state index in [4.69, 9.17) is 4.74 Å². The van der Waals surface area contributed by atoms with Gasteiger partial charge in [-0.05, 0) is 49.6 Å².